The fraction of sp³-hybridized carbons (Fsp3) is 0.464. The number of rotatable bonds is 5. The average Bonchev–Trinajstić information content (AvgIpc) is 3.61. The van der Waals surface area contributed by atoms with Gasteiger partial charge in [-0.3, -0.25) is 9.36 Å². The van der Waals surface area contributed by atoms with E-state index in [-0.39, 0.29) is 40.5 Å². The molecule has 42 heavy (non-hydrogen) atoms. The van der Waals surface area contributed by atoms with E-state index >= 15 is 0 Å². The van der Waals surface area contributed by atoms with Gasteiger partial charge in [-0.05, 0) is 61.8 Å². The van der Waals surface area contributed by atoms with Crippen molar-refractivity contribution >= 4 is 29.0 Å². The number of nitrogens with two attached hydrogens (primary N) is 1. The summed E-state index contributed by atoms with van der Waals surface area (Å²) in [6.07, 6.45) is -0.528. The van der Waals surface area contributed by atoms with Gasteiger partial charge in [0.15, 0.2) is 23.8 Å². The van der Waals surface area contributed by atoms with Crippen LogP contribution in [0.1, 0.15) is 44.2 Å². The molecule has 0 radical (unpaired) electrons. The van der Waals surface area contributed by atoms with E-state index in [1.807, 2.05) is 0 Å². The third-order valence-corrected chi connectivity index (χ3v) is 7.63. The van der Waals surface area contributed by atoms with Gasteiger partial charge in [0.05, 0.1) is 6.33 Å². The second-order valence-corrected chi connectivity index (χ2v) is 10.7. The van der Waals surface area contributed by atoms with Gasteiger partial charge in [-0.15, -0.1) is 0 Å². The molecule has 220 valence electrons. The van der Waals surface area contributed by atoms with Gasteiger partial charge < -0.3 is 35.6 Å². The summed E-state index contributed by atoms with van der Waals surface area (Å²) in [5, 5.41) is 23.9. The van der Waals surface area contributed by atoms with Crippen molar-refractivity contribution in [2.45, 2.75) is 62.7 Å². The number of nitrogen functional groups attached to an aromatic ring is 1. The van der Waals surface area contributed by atoms with Gasteiger partial charge in [-0.1, -0.05) is 5.92 Å². The topological polar surface area (TPSA) is 178 Å². The van der Waals surface area contributed by atoms with Gasteiger partial charge >= 0.3 is 6.09 Å². The van der Waals surface area contributed by atoms with E-state index in [9.17, 15) is 24.2 Å². The smallest absolute Gasteiger partial charge is 0.410 e. The zero-order valence-electron chi connectivity index (χ0n) is 22.5. The number of aromatic nitrogens is 4. The molecule has 3 fully saturated rings. The first-order valence-corrected chi connectivity index (χ1v) is 13.8. The maximum atomic E-state index is 13.1. The fourth-order valence-electron chi connectivity index (χ4n) is 5.06. The van der Waals surface area contributed by atoms with Crippen molar-refractivity contribution in [3.63, 3.8) is 0 Å². The number of aliphatic hydroxyl groups excluding tert-OH is 2. The molecule has 0 bridgehead atoms. The number of amides is 2. The minimum absolute atomic E-state index is 0.0733. The average molecular weight is 580 g/mol. The Morgan fingerprint density at radius 1 is 1.12 bits per heavy atom. The summed E-state index contributed by atoms with van der Waals surface area (Å²) in [6.45, 7) is 1.02. The molecule has 13 nitrogen and oxygen atoms in total. The molecule has 1 aliphatic carbocycles. The molecule has 2 saturated heterocycles. The first-order chi connectivity index (χ1) is 20.3. The lowest BCUT2D eigenvalue weighted by Gasteiger charge is -2.30. The van der Waals surface area contributed by atoms with Crippen LogP contribution in [0.5, 0.6) is 5.75 Å². The van der Waals surface area contributed by atoms with Crippen molar-refractivity contribution in [2.75, 3.05) is 18.8 Å². The van der Waals surface area contributed by atoms with Gasteiger partial charge in [0.25, 0.3) is 5.91 Å². The number of imidazole rings is 1. The molecule has 14 heteroatoms. The molecule has 2 aliphatic heterocycles. The van der Waals surface area contributed by atoms with Crippen molar-refractivity contribution in [3.05, 3.63) is 42.2 Å². The van der Waals surface area contributed by atoms with Gasteiger partial charge in [-0.25, -0.2) is 24.1 Å². The van der Waals surface area contributed by atoms with E-state index in [2.05, 4.69) is 32.1 Å². The van der Waals surface area contributed by atoms with Crippen LogP contribution in [0.15, 0.2) is 30.6 Å². The van der Waals surface area contributed by atoms with Crippen molar-refractivity contribution in [3.8, 4) is 17.6 Å². The number of halogens is 1. The van der Waals surface area contributed by atoms with Crippen LogP contribution in [0.4, 0.5) is 15.0 Å². The van der Waals surface area contributed by atoms with E-state index in [1.54, 1.807) is 4.90 Å². The van der Waals surface area contributed by atoms with Gasteiger partial charge in [0, 0.05) is 25.6 Å². The minimum Gasteiger partial charge on any atom is -0.410 e. The Labute approximate surface area is 239 Å². The molecule has 1 aromatic carbocycles. The standard InChI is InChI=1S/C28H30FN7O6/c29-16-4-8-18(9-5-16)41-28(40)35-12-10-15(11-13-35)2-1-3-19-33-24(30)20-25(34-19)36(14-31-20)27-22(38)21(37)23(42-27)26(39)32-17-6-7-17/h4-5,8-9,14-15,17,21-23,27,37-38H,2,6-7,10-13H2,(H,32,39)(H2,30,33,34)/t21-,22-,23-,27+/m0/s1. The molecule has 5 N–H and O–H groups in total. The predicted octanol–water partition coefficient (Wildman–Crippen LogP) is 1.10. The predicted molar refractivity (Wildman–Crippen MR) is 145 cm³/mol. The second-order valence-electron chi connectivity index (χ2n) is 10.7. The molecule has 3 aliphatic rings. The molecule has 2 amide bonds. The molecular formula is C28H30FN7O6. The van der Waals surface area contributed by atoms with Crippen LogP contribution in [-0.4, -0.2) is 84.1 Å². The highest BCUT2D eigenvalue weighted by Gasteiger charge is 2.48. The molecule has 4 atom stereocenters. The Bertz CT molecular complexity index is 1540. The maximum Gasteiger partial charge on any atom is 0.415 e. The molecule has 1 saturated carbocycles. The molecule has 0 spiro atoms. The third kappa shape index (κ3) is 5.85. The Morgan fingerprint density at radius 2 is 1.86 bits per heavy atom. The molecule has 0 unspecified atom stereocenters. The number of piperidine rings is 1. The summed E-state index contributed by atoms with van der Waals surface area (Å²) in [4.78, 5) is 39.4. The number of nitrogens with zero attached hydrogens (tertiary/aromatic N) is 5. The summed E-state index contributed by atoms with van der Waals surface area (Å²) in [5.74, 6) is 5.92. The van der Waals surface area contributed by atoms with E-state index in [4.69, 9.17) is 15.2 Å². The lowest BCUT2D eigenvalue weighted by molar-refractivity contribution is -0.137. The number of nitrogens with one attached hydrogen (secondary N) is 1. The third-order valence-electron chi connectivity index (χ3n) is 7.63. The molecule has 6 rings (SSSR count). The Balaban J connectivity index is 1.08. The van der Waals surface area contributed by atoms with Crippen LogP contribution >= 0.6 is 0 Å². The summed E-state index contributed by atoms with van der Waals surface area (Å²) in [6, 6.07) is 5.36. The summed E-state index contributed by atoms with van der Waals surface area (Å²) in [5.41, 5.74) is 6.63. The van der Waals surface area contributed by atoms with Gasteiger partial charge in [-0.2, -0.15) is 0 Å². The highest BCUT2D eigenvalue weighted by atomic mass is 19.1. The molecule has 4 heterocycles. The molecular weight excluding hydrogens is 549 g/mol. The summed E-state index contributed by atoms with van der Waals surface area (Å²) in [7, 11) is 0. The highest BCUT2D eigenvalue weighted by Crippen LogP contribution is 2.33. The number of aliphatic hydroxyl groups is 2. The summed E-state index contributed by atoms with van der Waals surface area (Å²) < 4.78 is 25.6. The quantitative estimate of drug-likeness (QED) is 0.320. The number of benzene rings is 1. The van der Waals surface area contributed by atoms with Gasteiger partial charge in [0.2, 0.25) is 5.82 Å². The molecule has 2 aromatic heterocycles. The maximum absolute atomic E-state index is 13.1. The van der Waals surface area contributed by atoms with Crippen molar-refractivity contribution in [1.82, 2.24) is 29.7 Å². The Kier molecular flexibility index (Phi) is 7.63. The lowest BCUT2D eigenvalue weighted by atomic mass is 9.94. The SMILES string of the molecule is Nc1nc(C#CCC2CCN(C(=O)Oc3ccc(F)cc3)CC2)nc2c1ncn2[C@@H]1O[C@H](C(=O)NC2CC2)[C@@H](O)[C@@H]1O. The first kappa shape index (κ1) is 27.8. The van der Waals surface area contributed by atoms with E-state index in [1.165, 1.54) is 35.2 Å². The lowest BCUT2D eigenvalue weighted by Crippen LogP contribution is -2.43. The number of carbonyl (C=O) groups excluding carboxylic acids is 2. The number of carbonyl (C=O) groups is 2. The van der Waals surface area contributed by atoms with Crippen LogP contribution < -0.4 is 15.8 Å². The summed E-state index contributed by atoms with van der Waals surface area (Å²) >= 11 is 0. The Hall–Kier alpha value is -4.32. The first-order valence-electron chi connectivity index (χ1n) is 13.8. The number of hydrogen-bond donors (Lipinski definition) is 4. The normalized spacial score (nSPS) is 24.3. The molecule has 3 aromatic rings. The van der Waals surface area contributed by atoms with E-state index in [0.29, 0.717) is 19.5 Å². The second kappa shape index (κ2) is 11.5. The van der Waals surface area contributed by atoms with E-state index < -0.39 is 42.4 Å². The largest absolute Gasteiger partial charge is 0.415 e. The van der Waals surface area contributed by atoms with Crippen LogP contribution in [-0.2, 0) is 9.53 Å². The van der Waals surface area contributed by atoms with Gasteiger partial charge in [0.1, 0.15) is 29.3 Å². The van der Waals surface area contributed by atoms with Crippen LogP contribution in [0, 0.1) is 23.6 Å². The fourth-order valence-corrected chi connectivity index (χ4v) is 5.06. The number of ether oxygens (including phenoxy) is 2. The van der Waals surface area contributed by atoms with Crippen LogP contribution in [0.3, 0.4) is 0 Å². The van der Waals surface area contributed by atoms with Crippen molar-refractivity contribution in [1.29, 1.82) is 0 Å². The Morgan fingerprint density at radius 3 is 2.57 bits per heavy atom. The minimum atomic E-state index is -1.43. The van der Waals surface area contributed by atoms with Crippen molar-refractivity contribution in [2.24, 2.45) is 5.92 Å². The number of hydrogen-bond acceptors (Lipinski definition) is 10. The van der Waals surface area contributed by atoms with E-state index in [0.717, 1.165) is 25.7 Å². The zero-order valence-corrected chi connectivity index (χ0v) is 22.5. The van der Waals surface area contributed by atoms with Crippen molar-refractivity contribution < 1.29 is 33.7 Å². The number of anilines is 1. The zero-order chi connectivity index (χ0) is 29.4. The number of fused-ring (bicyclic) bond motifs is 1. The number of likely N-dealkylation sites (tertiary alicyclic amines) is 1. The monoisotopic (exact) mass is 579 g/mol. The van der Waals surface area contributed by atoms with Crippen LogP contribution in [0.25, 0.3) is 11.2 Å². The highest BCUT2D eigenvalue weighted by molar-refractivity contribution is 5.83. The van der Waals surface area contributed by atoms with Crippen LogP contribution in [0.2, 0.25) is 0 Å².